The number of hydrogen-bond donors (Lipinski definition) is 2. The van der Waals surface area contributed by atoms with Gasteiger partial charge in [0, 0.05) is 0 Å². The zero-order chi connectivity index (χ0) is 12.0. The number of rotatable bonds is 5. The van der Waals surface area contributed by atoms with Crippen LogP contribution in [0.25, 0.3) is 0 Å². The Morgan fingerprint density at radius 3 is 2.62 bits per heavy atom. The Morgan fingerprint density at radius 1 is 1.50 bits per heavy atom. The van der Waals surface area contributed by atoms with Crippen molar-refractivity contribution >= 4 is 26.5 Å². The van der Waals surface area contributed by atoms with Crippen LogP contribution in [0.15, 0.2) is 29.4 Å². The molecule has 2 N–H and O–H groups in total. The number of methoxy groups -OCH3 is 1. The highest BCUT2D eigenvalue weighted by Crippen LogP contribution is 2.10. The summed E-state index contributed by atoms with van der Waals surface area (Å²) in [6.45, 7) is 0.451. The molecule has 0 saturated carbocycles. The summed E-state index contributed by atoms with van der Waals surface area (Å²) in [7, 11) is 1.60. The summed E-state index contributed by atoms with van der Waals surface area (Å²) in [5, 5.41) is 12.1. The second kappa shape index (κ2) is 6.12. The van der Waals surface area contributed by atoms with Crippen LogP contribution in [0.4, 0.5) is 0 Å². The molecule has 0 aromatic heterocycles. The minimum Gasteiger partial charge on any atom is -0.497 e. The molecule has 0 spiro atoms. The van der Waals surface area contributed by atoms with Crippen molar-refractivity contribution in [2.75, 3.05) is 7.11 Å². The van der Waals surface area contributed by atoms with Crippen molar-refractivity contribution in [3.05, 3.63) is 29.8 Å². The average Bonchev–Trinajstić information content (AvgIpc) is 2.29. The lowest BCUT2D eigenvalue weighted by Crippen LogP contribution is -2.12. The van der Waals surface area contributed by atoms with E-state index in [4.69, 9.17) is 9.84 Å². The van der Waals surface area contributed by atoms with Gasteiger partial charge in [-0.3, -0.25) is 0 Å². The SMILES string of the molecule is COc1ccc(CN/N=C(/Br)C(=O)O)cc1. The van der Waals surface area contributed by atoms with Gasteiger partial charge in [0.15, 0.2) is 0 Å². The molecule has 0 aliphatic heterocycles. The number of nitrogens with zero attached hydrogens (tertiary/aromatic N) is 1. The largest absolute Gasteiger partial charge is 0.497 e. The standard InChI is InChI=1S/C10H11BrN2O3/c1-16-8-4-2-7(3-5-8)6-12-13-9(11)10(14)15/h2-5,12H,6H2,1H3,(H,14,15)/b13-9+. The first kappa shape index (κ1) is 12.5. The molecule has 16 heavy (non-hydrogen) atoms. The Bertz CT molecular complexity index is 390. The molecule has 1 rings (SSSR count). The van der Waals surface area contributed by atoms with Gasteiger partial charge >= 0.3 is 5.97 Å². The maximum atomic E-state index is 10.4. The van der Waals surface area contributed by atoms with Crippen LogP contribution in [0, 0.1) is 0 Å². The van der Waals surface area contributed by atoms with Gasteiger partial charge in [-0.15, -0.1) is 0 Å². The number of carboxylic acid groups (broad SMARTS) is 1. The molecule has 0 aliphatic carbocycles. The van der Waals surface area contributed by atoms with Gasteiger partial charge in [0.25, 0.3) is 0 Å². The molecule has 0 aliphatic rings. The second-order valence-electron chi connectivity index (χ2n) is 2.89. The van der Waals surface area contributed by atoms with Crippen molar-refractivity contribution in [2.45, 2.75) is 6.54 Å². The maximum absolute atomic E-state index is 10.4. The predicted molar refractivity (Wildman–Crippen MR) is 63.8 cm³/mol. The number of hydrogen-bond acceptors (Lipinski definition) is 4. The average molecular weight is 287 g/mol. The molecule has 1 aromatic carbocycles. The monoisotopic (exact) mass is 286 g/mol. The third-order valence-electron chi connectivity index (χ3n) is 1.80. The Morgan fingerprint density at radius 2 is 2.12 bits per heavy atom. The maximum Gasteiger partial charge on any atom is 0.363 e. The molecule has 0 unspecified atom stereocenters. The molecular weight excluding hydrogens is 276 g/mol. The highest BCUT2D eigenvalue weighted by atomic mass is 79.9. The van der Waals surface area contributed by atoms with Crippen LogP contribution in [0.5, 0.6) is 5.75 Å². The summed E-state index contributed by atoms with van der Waals surface area (Å²) in [6, 6.07) is 7.39. The zero-order valence-corrected chi connectivity index (χ0v) is 10.2. The Balaban J connectivity index is 2.49. The van der Waals surface area contributed by atoms with Gasteiger partial charge in [-0.25, -0.2) is 4.79 Å². The lowest BCUT2D eigenvalue weighted by atomic mass is 10.2. The number of benzene rings is 1. The quantitative estimate of drug-likeness (QED) is 0.637. The van der Waals surface area contributed by atoms with Crippen molar-refractivity contribution in [3.63, 3.8) is 0 Å². The van der Waals surface area contributed by atoms with Gasteiger partial charge in [-0.1, -0.05) is 12.1 Å². The van der Waals surface area contributed by atoms with Crippen LogP contribution in [0.3, 0.4) is 0 Å². The van der Waals surface area contributed by atoms with Crippen LogP contribution in [-0.4, -0.2) is 22.8 Å². The molecule has 0 bridgehead atoms. The van der Waals surface area contributed by atoms with Gasteiger partial charge in [0.2, 0.25) is 4.62 Å². The lowest BCUT2D eigenvalue weighted by Gasteiger charge is -2.03. The van der Waals surface area contributed by atoms with Crippen molar-refractivity contribution < 1.29 is 14.6 Å². The molecule has 0 heterocycles. The van der Waals surface area contributed by atoms with E-state index >= 15 is 0 Å². The normalized spacial score (nSPS) is 11.0. The fourth-order valence-corrected chi connectivity index (χ4v) is 1.12. The first-order chi connectivity index (χ1) is 7.63. The van der Waals surface area contributed by atoms with Crippen molar-refractivity contribution in [3.8, 4) is 5.75 Å². The van der Waals surface area contributed by atoms with E-state index < -0.39 is 5.97 Å². The van der Waals surface area contributed by atoms with Crippen molar-refractivity contribution in [1.29, 1.82) is 0 Å². The summed E-state index contributed by atoms with van der Waals surface area (Å²) in [6.07, 6.45) is 0. The third kappa shape index (κ3) is 3.90. The molecule has 6 heteroatoms. The fourth-order valence-electron chi connectivity index (χ4n) is 0.991. The van der Waals surface area contributed by atoms with Gasteiger partial charge in [-0.05, 0) is 33.6 Å². The molecular formula is C10H11BrN2O3. The van der Waals surface area contributed by atoms with E-state index in [2.05, 4.69) is 26.5 Å². The summed E-state index contributed by atoms with van der Waals surface area (Å²) in [5.74, 6) is -0.332. The van der Waals surface area contributed by atoms with Crippen LogP contribution in [-0.2, 0) is 11.3 Å². The van der Waals surface area contributed by atoms with E-state index in [-0.39, 0.29) is 4.62 Å². The molecule has 0 amide bonds. The predicted octanol–water partition coefficient (Wildman–Crippen LogP) is 1.58. The van der Waals surface area contributed by atoms with E-state index in [1.165, 1.54) is 0 Å². The Labute approximate surface area is 101 Å². The molecule has 86 valence electrons. The number of hydrazone groups is 1. The van der Waals surface area contributed by atoms with E-state index in [9.17, 15) is 4.79 Å². The number of aliphatic carboxylic acids is 1. The summed E-state index contributed by atoms with van der Waals surface area (Å²) in [4.78, 5) is 10.4. The molecule has 0 fully saturated rings. The summed E-state index contributed by atoms with van der Waals surface area (Å²) < 4.78 is 4.86. The number of ether oxygens (including phenoxy) is 1. The minimum atomic E-state index is -1.11. The third-order valence-corrected chi connectivity index (χ3v) is 2.31. The van der Waals surface area contributed by atoms with Gasteiger partial charge in [0.05, 0.1) is 13.7 Å². The van der Waals surface area contributed by atoms with Crippen molar-refractivity contribution in [2.24, 2.45) is 5.10 Å². The lowest BCUT2D eigenvalue weighted by molar-refractivity contribution is -0.129. The molecule has 0 saturated heterocycles. The van der Waals surface area contributed by atoms with Crippen LogP contribution in [0.2, 0.25) is 0 Å². The zero-order valence-electron chi connectivity index (χ0n) is 8.61. The highest BCUT2D eigenvalue weighted by molar-refractivity contribution is 9.19. The van der Waals surface area contributed by atoms with Crippen LogP contribution >= 0.6 is 15.9 Å². The first-order valence-electron chi connectivity index (χ1n) is 4.45. The molecule has 0 atom stereocenters. The molecule has 0 radical (unpaired) electrons. The highest BCUT2D eigenvalue weighted by Gasteiger charge is 2.02. The van der Waals surface area contributed by atoms with Gasteiger partial charge < -0.3 is 15.3 Å². The molecule has 5 nitrogen and oxygen atoms in total. The van der Waals surface area contributed by atoms with E-state index in [1.807, 2.05) is 24.3 Å². The fraction of sp³-hybridized carbons (Fsp3) is 0.200. The smallest absolute Gasteiger partial charge is 0.363 e. The Hall–Kier alpha value is -1.56. The van der Waals surface area contributed by atoms with Crippen LogP contribution in [0.1, 0.15) is 5.56 Å². The molecule has 1 aromatic rings. The number of halogens is 1. The second-order valence-corrected chi connectivity index (χ2v) is 3.64. The first-order valence-corrected chi connectivity index (χ1v) is 5.25. The number of carboxylic acids is 1. The van der Waals surface area contributed by atoms with E-state index in [1.54, 1.807) is 7.11 Å². The Kier molecular flexibility index (Phi) is 4.78. The van der Waals surface area contributed by atoms with Crippen molar-refractivity contribution in [1.82, 2.24) is 5.43 Å². The number of nitrogens with one attached hydrogen (secondary N) is 1. The summed E-state index contributed by atoms with van der Waals surface area (Å²) in [5.41, 5.74) is 3.62. The van der Waals surface area contributed by atoms with Crippen LogP contribution < -0.4 is 10.2 Å². The van der Waals surface area contributed by atoms with E-state index in [0.29, 0.717) is 6.54 Å². The topological polar surface area (TPSA) is 70.9 Å². The van der Waals surface area contributed by atoms with Gasteiger partial charge in [-0.2, -0.15) is 5.10 Å². The van der Waals surface area contributed by atoms with E-state index in [0.717, 1.165) is 11.3 Å². The number of carbonyl (C=O) groups is 1. The summed E-state index contributed by atoms with van der Waals surface area (Å²) >= 11 is 2.81. The van der Waals surface area contributed by atoms with Gasteiger partial charge in [0.1, 0.15) is 5.75 Å². The minimum absolute atomic E-state index is 0.152.